The fourth-order valence-corrected chi connectivity index (χ4v) is 5.37. The quantitative estimate of drug-likeness (QED) is 0.0605. The lowest BCUT2D eigenvalue weighted by atomic mass is 10.0. The highest BCUT2D eigenvalue weighted by molar-refractivity contribution is 5.91. The maximum absolute atomic E-state index is 12.8. The molecule has 4 nitrogen and oxygen atoms in total. The van der Waals surface area contributed by atoms with Gasteiger partial charge in [-0.15, -0.1) is 0 Å². The van der Waals surface area contributed by atoms with E-state index in [1.807, 2.05) is 72.8 Å². The Bertz CT molecular complexity index is 1390. The van der Waals surface area contributed by atoms with Crippen molar-refractivity contribution in [3.8, 4) is 39.5 Å². The standard InChI is InChI=1S/C41H50O4/c1-4-6-8-10-11-13-31-43-38-25-19-34(20-26-38)33-15-17-37(18-16-33)41(42)45-40-29-23-36(24-30-40)35-21-27-39(28-22-35)44-32(3)14-12-9-7-5-2/h15-30,32H,4-14,31H2,1-3H3/t32-/m1/s1. The minimum absolute atomic E-state index is 0.212. The third-order valence-electron chi connectivity index (χ3n) is 8.13. The fraction of sp³-hybridized carbons (Fsp3) is 0.390. The van der Waals surface area contributed by atoms with Crippen LogP contribution in [0, 0.1) is 0 Å². The normalized spacial score (nSPS) is 11.6. The third-order valence-corrected chi connectivity index (χ3v) is 8.13. The Morgan fingerprint density at radius 2 is 0.978 bits per heavy atom. The molecule has 0 bridgehead atoms. The second kappa shape index (κ2) is 18.7. The van der Waals surface area contributed by atoms with Gasteiger partial charge in [0.25, 0.3) is 0 Å². The van der Waals surface area contributed by atoms with Crippen LogP contribution in [-0.4, -0.2) is 18.7 Å². The van der Waals surface area contributed by atoms with E-state index in [1.165, 1.54) is 57.8 Å². The van der Waals surface area contributed by atoms with Crippen molar-refractivity contribution >= 4 is 5.97 Å². The predicted octanol–water partition coefficient (Wildman–Crippen LogP) is 11.7. The van der Waals surface area contributed by atoms with Crippen LogP contribution < -0.4 is 14.2 Å². The summed E-state index contributed by atoms with van der Waals surface area (Å²) in [5.41, 5.74) is 4.77. The maximum Gasteiger partial charge on any atom is 0.343 e. The van der Waals surface area contributed by atoms with Crippen LogP contribution in [0.4, 0.5) is 0 Å². The van der Waals surface area contributed by atoms with Gasteiger partial charge < -0.3 is 14.2 Å². The molecule has 4 rings (SSSR count). The van der Waals surface area contributed by atoms with Crippen LogP contribution in [0.5, 0.6) is 17.2 Å². The Kier molecular flexibility index (Phi) is 14.1. The molecule has 0 saturated carbocycles. The zero-order valence-corrected chi connectivity index (χ0v) is 27.4. The Labute approximate surface area is 270 Å². The van der Waals surface area contributed by atoms with Crippen LogP contribution in [-0.2, 0) is 0 Å². The molecule has 0 radical (unpaired) electrons. The summed E-state index contributed by atoms with van der Waals surface area (Å²) in [6, 6.07) is 31.5. The number of hydrogen-bond acceptors (Lipinski definition) is 4. The first-order valence-electron chi connectivity index (χ1n) is 17.0. The molecule has 238 valence electrons. The highest BCUT2D eigenvalue weighted by Gasteiger charge is 2.10. The predicted molar refractivity (Wildman–Crippen MR) is 186 cm³/mol. The topological polar surface area (TPSA) is 44.8 Å². The lowest BCUT2D eigenvalue weighted by Crippen LogP contribution is -2.11. The Morgan fingerprint density at radius 1 is 0.533 bits per heavy atom. The average molecular weight is 607 g/mol. The van der Waals surface area contributed by atoms with Gasteiger partial charge in [-0.3, -0.25) is 0 Å². The summed E-state index contributed by atoms with van der Waals surface area (Å²) in [6.07, 6.45) is 13.8. The molecule has 0 N–H and O–H groups in total. The fourth-order valence-electron chi connectivity index (χ4n) is 5.37. The molecular weight excluding hydrogens is 556 g/mol. The first kappa shape index (κ1) is 33.8. The van der Waals surface area contributed by atoms with E-state index in [2.05, 4.69) is 45.0 Å². The highest BCUT2D eigenvalue weighted by Crippen LogP contribution is 2.27. The number of unbranched alkanes of at least 4 members (excludes halogenated alkanes) is 8. The van der Waals surface area contributed by atoms with Crippen molar-refractivity contribution in [1.29, 1.82) is 0 Å². The van der Waals surface area contributed by atoms with Crippen molar-refractivity contribution in [2.75, 3.05) is 6.61 Å². The van der Waals surface area contributed by atoms with Gasteiger partial charge in [0.1, 0.15) is 17.2 Å². The minimum atomic E-state index is -0.377. The summed E-state index contributed by atoms with van der Waals surface area (Å²) in [4.78, 5) is 12.8. The van der Waals surface area contributed by atoms with Crippen molar-refractivity contribution in [3.63, 3.8) is 0 Å². The monoisotopic (exact) mass is 606 g/mol. The van der Waals surface area contributed by atoms with E-state index in [0.29, 0.717) is 11.3 Å². The van der Waals surface area contributed by atoms with Gasteiger partial charge in [0.05, 0.1) is 18.3 Å². The van der Waals surface area contributed by atoms with E-state index in [4.69, 9.17) is 14.2 Å². The number of ether oxygens (including phenoxy) is 3. The molecule has 0 aliphatic heterocycles. The Morgan fingerprint density at radius 3 is 1.53 bits per heavy atom. The van der Waals surface area contributed by atoms with Crippen LogP contribution in [0.2, 0.25) is 0 Å². The molecule has 0 aliphatic rings. The lowest BCUT2D eigenvalue weighted by Gasteiger charge is -2.15. The first-order valence-corrected chi connectivity index (χ1v) is 17.0. The summed E-state index contributed by atoms with van der Waals surface area (Å²) in [5.74, 6) is 1.92. The molecular formula is C41H50O4. The van der Waals surface area contributed by atoms with Gasteiger partial charge in [0, 0.05) is 0 Å². The van der Waals surface area contributed by atoms with Gasteiger partial charge in [0.15, 0.2) is 0 Å². The van der Waals surface area contributed by atoms with Gasteiger partial charge in [-0.2, -0.15) is 0 Å². The van der Waals surface area contributed by atoms with Crippen LogP contribution in [0.1, 0.15) is 102 Å². The molecule has 4 aromatic carbocycles. The summed E-state index contributed by atoms with van der Waals surface area (Å²) in [7, 11) is 0. The minimum Gasteiger partial charge on any atom is -0.494 e. The molecule has 0 fully saturated rings. The van der Waals surface area contributed by atoms with Gasteiger partial charge in [0.2, 0.25) is 0 Å². The van der Waals surface area contributed by atoms with Crippen LogP contribution in [0.25, 0.3) is 22.3 Å². The Hall–Kier alpha value is -4.05. The van der Waals surface area contributed by atoms with Gasteiger partial charge in [-0.1, -0.05) is 114 Å². The molecule has 4 heteroatoms. The van der Waals surface area contributed by atoms with Gasteiger partial charge in [-0.05, 0) is 97.0 Å². The zero-order valence-electron chi connectivity index (χ0n) is 27.4. The summed E-state index contributed by atoms with van der Waals surface area (Å²) < 4.78 is 17.7. The maximum atomic E-state index is 12.8. The molecule has 0 unspecified atom stereocenters. The first-order chi connectivity index (χ1) is 22.1. The number of carbonyl (C=O) groups excluding carboxylic acids is 1. The van der Waals surface area contributed by atoms with E-state index in [-0.39, 0.29) is 12.1 Å². The number of rotatable bonds is 19. The number of hydrogen-bond donors (Lipinski definition) is 0. The van der Waals surface area contributed by atoms with Crippen molar-refractivity contribution in [3.05, 3.63) is 103 Å². The molecule has 0 spiro atoms. The van der Waals surface area contributed by atoms with Crippen LogP contribution in [0.3, 0.4) is 0 Å². The molecule has 0 amide bonds. The van der Waals surface area contributed by atoms with Crippen LogP contribution >= 0.6 is 0 Å². The zero-order chi connectivity index (χ0) is 31.7. The van der Waals surface area contributed by atoms with E-state index in [9.17, 15) is 4.79 Å². The summed E-state index contributed by atoms with van der Waals surface area (Å²) in [6.45, 7) is 7.37. The van der Waals surface area contributed by atoms with E-state index >= 15 is 0 Å². The van der Waals surface area contributed by atoms with Crippen molar-refractivity contribution in [1.82, 2.24) is 0 Å². The van der Waals surface area contributed by atoms with E-state index in [0.717, 1.165) is 53.2 Å². The highest BCUT2D eigenvalue weighted by atomic mass is 16.5. The molecule has 0 aliphatic carbocycles. The van der Waals surface area contributed by atoms with E-state index in [1.54, 1.807) is 0 Å². The average Bonchev–Trinajstić information content (AvgIpc) is 3.07. The largest absolute Gasteiger partial charge is 0.494 e. The van der Waals surface area contributed by atoms with Crippen molar-refractivity contribution in [2.24, 2.45) is 0 Å². The number of esters is 1. The molecule has 0 heterocycles. The van der Waals surface area contributed by atoms with E-state index < -0.39 is 0 Å². The van der Waals surface area contributed by atoms with Gasteiger partial charge >= 0.3 is 5.97 Å². The second-order valence-electron chi connectivity index (χ2n) is 11.9. The SMILES string of the molecule is CCCCCCCCOc1ccc(-c2ccc(C(=O)Oc3ccc(-c4ccc(O[C@H](C)CCCCCC)cc4)cc3)cc2)cc1. The molecule has 4 aromatic rings. The van der Waals surface area contributed by atoms with Crippen LogP contribution in [0.15, 0.2) is 97.1 Å². The Balaban J connectivity index is 1.23. The molecule has 45 heavy (non-hydrogen) atoms. The molecule has 0 aromatic heterocycles. The van der Waals surface area contributed by atoms with Gasteiger partial charge in [-0.25, -0.2) is 4.79 Å². The number of benzene rings is 4. The molecule has 0 saturated heterocycles. The smallest absolute Gasteiger partial charge is 0.343 e. The summed E-state index contributed by atoms with van der Waals surface area (Å²) in [5, 5.41) is 0. The lowest BCUT2D eigenvalue weighted by molar-refractivity contribution is 0.0734. The molecule has 1 atom stereocenters. The van der Waals surface area contributed by atoms with Crippen molar-refractivity contribution in [2.45, 2.75) is 97.5 Å². The summed E-state index contributed by atoms with van der Waals surface area (Å²) >= 11 is 0. The second-order valence-corrected chi connectivity index (χ2v) is 11.9. The van der Waals surface area contributed by atoms with Crippen molar-refractivity contribution < 1.29 is 19.0 Å². The number of carbonyl (C=O) groups is 1. The third kappa shape index (κ3) is 11.4.